The fourth-order valence-electron chi connectivity index (χ4n) is 2.93. The number of carbonyl (C=O) groups is 1. The molecule has 2 aromatic rings. The van der Waals surface area contributed by atoms with E-state index in [0.717, 1.165) is 10.9 Å². The summed E-state index contributed by atoms with van der Waals surface area (Å²) < 4.78 is 64.7. The number of benzene rings is 1. The lowest BCUT2D eigenvalue weighted by atomic mass is 10.0. The molecule has 1 unspecified atom stereocenters. The summed E-state index contributed by atoms with van der Waals surface area (Å²) >= 11 is 0. The van der Waals surface area contributed by atoms with Gasteiger partial charge in [-0.3, -0.25) is 9.48 Å². The summed E-state index contributed by atoms with van der Waals surface area (Å²) in [5.74, 6) is -1.12. The Morgan fingerprint density at radius 2 is 2.04 bits per heavy atom. The highest BCUT2D eigenvalue weighted by molar-refractivity contribution is 7.91. The van der Waals surface area contributed by atoms with Gasteiger partial charge in [0.1, 0.15) is 0 Å². The molecule has 1 atom stereocenters. The lowest BCUT2D eigenvalue weighted by Crippen LogP contribution is -2.34. The van der Waals surface area contributed by atoms with Crippen LogP contribution in [0.25, 0.3) is 0 Å². The number of hydrogen-bond donors (Lipinski definition) is 1. The highest BCUT2D eigenvalue weighted by atomic mass is 32.2. The molecule has 1 aromatic carbocycles. The quantitative estimate of drug-likeness (QED) is 0.878. The summed E-state index contributed by atoms with van der Waals surface area (Å²) in [6.45, 7) is 1.79. The smallest absolute Gasteiger partial charge is 0.345 e. The Bertz CT molecular complexity index is 951. The third-order valence-electron chi connectivity index (χ3n) is 4.21. The van der Waals surface area contributed by atoms with E-state index in [4.69, 9.17) is 0 Å². The first-order valence-corrected chi connectivity index (χ1v) is 9.56. The first kappa shape index (κ1) is 18.4. The largest absolute Gasteiger partial charge is 0.435 e. The SMILES string of the molecule is CCn1cc(C(=O)NC2CCS(=O)(=O)c3ccccc32)c(C(F)(F)F)n1. The summed E-state index contributed by atoms with van der Waals surface area (Å²) in [4.78, 5) is 12.6. The van der Waals surface area contributed by atoms with Gasteiger partial charge in [-0.2, -0.15) is 18.3 Å². The van der Waals surface area contributed by atoms with Gasteiger partial charge in [0.15, 0.2) is 15.5 Å². The van der Waals surface area contributed by atoms with Gasteiger partial charge in [0.05, 0.1) is 22.3 Å². The number of halogens is 3. The van der Waals surface area contributed by atoms with Gasteiger partial charge in [0.25, 0.3) is 5.91 Å². The van der Waals surface area contributed by atoms with E-state index in [1.165, 1.54) is 6.07 Å². The number of fused-ring (bicyclic) bond motifs is 1. The summed E-state index contributed by atoms with van der Waals surface area (Å²) in [7, 11) is -3.45. The zero-order valence-corrected chi connectivity index (χ0v) is 14.6. The maximum Gasteiger partial charge on any atom is 0.435 e. The molecule has 26 heavy (non-hydrogen) atoms. The summed E-state index contributed by atoms with van der Waals surface area (Å²) in [5, 5.41) is 5.94. The van der Waals surface area contributed by atoms with Crippen LogP contribution in [0.5, 0.6) is 0 Å². The standard InChI is InChI=1S/C16H16F3N3O3S/c1-2-22-9-11(14(21-22)16(17,18)19)15(23)20-12-7-8-26(24,25)13-6-4-3-5-10(12)13/h3-6,9,12H,2,7-8H2,1H3,(H,20,23). The fraction of sp³-hybridized carbons (Fsp3) is 0.375. The van der Waals surface area contributed by atoms with E-state index in [9.17, 15) is 26.4 Å². The highest BCUT2D eigenvalue weighted by Gasteiger charge is 2.40. The van der Waals surface area contributed by atoms with E-state index >= 15 is 0 Å². The number of hydrogen-bond acceptors (Lipinski definition) is 4. The summed E-state index contributed by atoms with van der Waals surface area (Å²) in [5.41, 5.74) is -1.46. The molecule has 1 amide bonds. The van der Waals surface area contributed by atoms with Gasteiger partial charge in [-0.05, 0) is 25.0 Å². The maximum atomic E-state index is 13.1. The number of carbonyl (C=O) groups excluding carboxylic acids is 1. The Kier molecular flexibility index (Phi) is 4.55. The van der Waals surface area contributed by atoms with Crippen LogP contribution in [0, 0.1) is 0 Å². The number of aromatic nitrogens is 2. The van der Waals surface area contributed by atoms with Gasteiger partial charge in [0.2, 0.25) is 0 Å². The Labute approximate surface area is 147 Å². The Balaban J connectivity index is 1.94. The van der Waals surface area contributed by atoms with E-state index in [1.54, 1.807) is 25.1 Å². The highest BCUT2D eigenvalue weighted by Crippen LogP contribution is 2.34. The van der Waals surface area contributed by atoms with Crippen molar-refractivity contribution in [2.24, 2.45) is 0 Å². The third-order valence-corrected chi connectivity index (χ3v) is 6.02. The molecule has 0 fully saturated rings. The number of amides is 1. The molecule has 1 aliphatic rings. The van der Waals surface area contributed by atoms with Crippen molar-refractivity contribution in [2.45, 2.75) is 37.0 Å². The third kappa shape index (κ3) is 3.33. The predicted octanol–water partition coefficient (Wildman–Crippen LogP) is 2.57. The second kappa shape index (κ2) is 6.42. The summed E-state index contributed by atoms with van der Waals surface area (Å²) in [6.07, 6.45) is -3.63. The molecule has 0 aliphatic carbocycles. The predicted molar refractivity (Wildman–Crippen MR) is 86.2 cm³/mol. The fourth-order valence-corrected chi connectivity index (χ4v) is 4.56. The Morgan fingerprint density at radius 1 is 1.35 bits per heavy atom. The van der Waals surface area contributed by atoms with Crippen molar-refractivity contribution in [1.82, 2.24) is 15.1 Å². The molecule has 1 aliphatic heterocycles. The maximum absolute atomic E-state index is 13.1. The second-order valence-electron chi connectivity index (χ2n) is 5.92. The van der Waals surface area contributed by atoms with Crippen LogP contribution in [0.2, 0.25) is 0 Å². The monoisotopic (exact) mass is 387 g/mol. The molecule has 0 saturated carbocycles. The normalized spacial score (nSPS) is 19.0. The number of alkyl halides is 3. The minimum Gasteiger partial charge on any atom is -0.345 e. The van der Waals surface area contributed by atoms with Crippen LogP contribution in [0.15, 0.2) is 35.4 Å². The molecule has 0 saturated heterocycles. The van der Waals surface area contributed by atoms with Crippen LogP contribution >= 0.6 is 0 Å². The topological polar surface area (TPSA) is 81.1 Å². The van der Waals surface area contributed by atoms with Gasteiger partial charge < -0.3 is 5.32 Å². The average molecular weight is 387 g/mol. The minimum atomic E-state index is -4.76. The molecule has 0 radical (unpaired) electrons. The Hall–Kier alpha value is -2.36. The van der Waals surface area contributed by atoms with Crippen LogP contribution in [-0.2, 0) is 22.6 Å². The van der Waals surface area contributed by atoms with Crippen molar-refractivity contribution in [3.8, 4) is 0 Å². The molecule has 0 bridgehead atoms. The first-order valence-electron chi connectivity index (χ1n) is 7.90. The van der Waals surface area contributed by atoms with Crippen molar-refractivity contribution < 1.29 is 26.4 Å². The van der Waals surface area contributed by atoms with Crippen LogP contribution in [0.4, 0.5) is 13.2 Å². The van der Waals surface area contributed by atoms with Gasteiger partial charge in [0, 0.05) is 12.7 Å². The lowest BCUT2D eigenvalue weighted by Gasteiger charge is -2.26. The zero-order chi connectivity index (χ0) is 19.1. The van der Waals surface area contributed by atoms with Crippen LogP contribution in [0.1, 0.15) is 41.0 Å². The van der Waals surface area contributed by atoms with Gasteiger partial charge in [-0.25, -0.2) is 8.42 Å². The molecular weight excluding hydrogens is 371 g/mol. The number of nitrogens with zero attached hydrogens (tertiary/aromatic N) is 2. The van der Waals surface area contributed by atoms with Gasteiger partial charge in [-0.1, -0.05) is 18.2 Å². The molecule has 2 heterocycles. The molecule has 3 rings (SSSR count). The first-order chi connectivity index (χ1) is 12.1. The summed E-state index contributed by atoms with van der Waals surface area (Å²) in [6, 6.07) is 5.48. The molecule has 1 N–H and O–H groups in total. The van der Waals surface area contributed by atoms with E-state index < -0.39 is 39.2 Å². The molecule has 1 aromatic heterocycles. The van der Waals surface area contributed by atoms with Crippen molar-refractivity contribution in [3.05, 3.63) is 47.3 Å². The minimum absolute atomic E-state index is 0.0916. The molecule has 0 spiro atoms. The van der Waals surface area contributed by atoms with Crippen LogP contribution in [0.3, 0.4) is 0 Å². The molecular formula is C16H16F3N3O3S. The van der Waals surface area contributed by atoms with Gasteiger partial charge >= 0.3 is 6.18 Å². The van der Waals surface area contributed by atoms with Crippen molar-refractivity contribution in [2.75, 3.05) is 5.75 Å². The van der Waals surface area contributed by atoms with Crippen LogP contribution < -0.4 is 5.32 Å². The van der Waals surface area contributed by atoms with E-state index in [1.807, 2.05) is 0 Å². The van der Waals surface area contributed by atoms with Crippen molar-refractivity contribution >= 4 is 15.7 Å². The number of rotatable bonds is 3. The molecule has 140 valence electrons. The van der Waals surface area contributed by atoms with Crippen molar-refractivity contribution in [1.29, 1.82) is 0 Å². The van der Waals surface area contributed by atoms with Crippen LogP contribution in [-0.4, -0.2) is 29.9 Å². The number of aryl methyl sites for hydroxylation is 1. The van der Waals surface area contributed by atoms with Gasteiger partial charge in [-0.15, -0.1) is 0 Å². The Morgan fingerprint density at radius 3 is 2.69 bits per heavy atom. The molecule has 10 heteroatoms. The van der Waals surface area contributed by atoms with Crippen molar-refractivity contribution in [3.63, 3.8) is 0 Å². The second-order valence-corrected chi connectivity index (χ2v) is 7.99. The van der Waals surface area contributed by atoms with E-state index in [0.29, 0.717) is 5.56 Å². The molecule has 6 nitrogen and oxygen atoms in total. The average Bonchev–Trinajstić information content (AvgIpc) is 3.03. The number of nitrogens with one attached hydrogen (secondary N) is 1. The lowest BCUT2D eigenvalue weighted by molar-refractivity contribution is -0.141. The van der Waals surface area contributed by atoms with E-state index in [2.05, 4.69) is 10.4 Å². The van der Waals surface area contributed by atoms with E-state index in [-0.39, 0.29) is 23.6 Å². The zero-order valence-electron chi connectivity index (χ0n) is 13.7. The number of sulfone groups is 1.